The minimum Gasteiger partial charge on any atom is -0.492 e. The van der Waals surface area contributed by atoms with Crippen molar-refractivity contribution in [1.29, 1.82) is 0 Å². The van der Waals surface area contributed by atoms with Gasteiger partial charge < -0.3 is 14.6 Å². The topological polar surface area (TPSA) is 55.8 Å². The standard InChI is InChI=1S/C13H15FO4/c1-17-10-8(4-5-9(14)11(10)18-2)13(12(15)16)6-3-7-13/h4-5H,3,6-7H2,1-2H3,(H,15,16). The number of hydrogen-bond donors (Lipinski definition) is 1. The van der Waals surface area contributed by atoms with E-state index in [1.165, 1.54) is 26.4 Å². The first-order valence-electron chi connectivity index (χ1n) is 5.71. The molecule has 5 heteroatoms. The third-order valence-corrected chi connectivity index (χ3v) is 3.60. The Morgan fingerprint density at radius 1 is 1.28 bits per heavy atom. The van der Waals surface area contributed by atoms with Crippen molar-refractivity contribution < 1.29 is 23.8 Å². The molecule has 1 aromatic carbocycles. The Hall–Kier alpha value is -1.78. The Kier molecular flexibility index (Phi) is 3.15. The van der Waals surface area contributed by atoms with Crippen LogP contribution < -0.4 is 9.47 Å². The number of aliphatic carboxylic acids is 1. The van der Waals surface area contributed by atoms with Crippen LogP contribution in [0.2, 0.25) is 0 Å². The van der Waals surface area contributed by atoms with Gasteiger partial charge in [-0.05, 0) is 18.9 Å². The van der Waals surface area contributed by atoms with Gasteiger partial charge in [-0.25, -0.2) is 4.39 Å². The molecule has 1 aliphatic carbocycles. The van der Waals surface area contributed by atoms with Crippen LogP contribution in [0.3, 0.4) is 0 Å². The molecule has 0 saturated heterocycles. The van der Waals surface area contributed by atoms with E-state index in [0.717, 1.165) is 6.42 Å². The molecule has 0 aliphatic heterocycles. The van der Waals surface area contributed by atoms with Gasteiger partial charge in [0.15, 0.2) is 17.3 Å². The van der Waals surface area contributed by atoms with E-state index < -0.39 is 17.2 Å². The van der Waals surface area contributed by atoms with E-state index in [1.807, 2.05) is 0 Å². The maximum atomic E-state index is 13.6. The van der Waals surface area contributed by atoms with Crippen LogP contribution >= 0.6 is 0 Å². The quantitative estimate of drug-likeness (QED) is 0.896. The molecule has 2 rings (SSSR count). The molecule has 1 aliphatic rings. The van der Waals surface area contributed by atoms with Crippen molar-refractivity contribution in [3.8, 4) is 11.5 Å². The molecule has 0 aromatic heterocycles. The third-order valence-electron chi connectivity index (χ3n) is 3.60. The van der Waals surface area contributed by atoms with E-state index in [1.54, 1.807) is 0 Å². The van der Waals surface area contributed by atoms with Crippen molar-refractivity contribution in [2.45, 2.75) is 24.7 Å². The molecular weight excluding hydrogens is 239 g/mol. The SMILES string of the molecule is COc1c(F)ccc(C2(C(=O)O)CCC2)c1OC. The average molecular weight is 254 g/mol. The molecule has 1 N–H and O–H groups in total. The van der Waals surface area contributed by atoms with E-state index in [0.29, 0.717) is 18.4 Å². The van der Waals surface area contributed by atoms with E-state index in [2.05, 4.69) is 0 Å². The lowest BCUT2D eigenvalue weighted by atomic mass is 9.64. The van der Waals surface area contributed by atoms with Crippen molar-refractivity contribution >= 4 is 5.97 Å². The minimum absolute atomic E-state index is 0.0393. The summed E-state index contributed by atoms with van der Waals surface area (Å²) in [5.74, 6) is -1.32. The van der Waals surface area contributed by atoms with Crippen molar-refractivity contribution in [1.82, 2.24) is 0 Å². The van der Waals surface area contributed by atoms with Crippen LogP contribution in [-0.4, -0.2) is 25.3 Å². The second-order valence-corrected chi connectivity index (χ2v) is 4.40. The summed E-state index contributed by atoms with van der Waals surface area (Å²) in [7, 11) is 2.72. The Morgan fingerprint density at radius 3 is 2.28 bits per heavy atom. The summed E-state index contributed by atoms with van der Waals surface area (Å²) in [5.41, 5.74) is -0.478. The largest absolute Gasteiger partial charge is 0.492 e. The molecule has 1 fully saturated rings. The number of ether oxygens (including phenoxy) is 2. The highest BCUT2D eigenvalue weighted by atomic mass is 19.1. The van der Waals surface area contributed by atoms with Gasteiger partial charge in [-0.2, -0.15) is 0 Å². The molecule has 0 radical (unpaired) electrons. The molecule has 0 amide bonds. The van der Waals surface area contributed by atoms with Crippen molar-refractivity contribution in [3.05, 3.63) is 23.5 Å². The van der Waals surface area contributed by atoms with Gasteiger partial charge in [-0.3, -0.25) is 4.79 Å². The Labute approximate surface area is 104 Å². The lowest BCUT2D eigenvalue weighted by molar-refractivity contribution is -0.147. The molecular formula is C13H15FO4. The molecule has 4 nitrogen and oxygen atoms in total. The Morgan fingerprint density at radius 2 is 1.89 bits per heavy atom. The molecule has 1 saturated carbocycles. The van der Waals surface area contributed by atoms with Crippen molar-refractivity contribution in [2.24, 2.45) is 0 Å². The number of carboxylic acid groups (broad SMARTS) is 1. The lowest BCUT2D eigenvalue weighted by Gasteiger charge is -2.39. The van der Waals surface area contributed by atoms with Crippen LogP contribution in [0.15, 0.2) is 12.1 Å². The average Bonchev–Trinajstić information content (AvgIpc) is 2.28. The van der Waals surface area contributed by atoms with Gasteiger partial charge >= 0.3 is 5.97 Å². The Bertz CT molecular complexity index is 480. The zero-order valence-electron chi connectivity index (χ0n) is 10.3. The molecule has 0 atom stereocenters. The van der Waals surface area contributed by atoms with Gasteiger partial charge in [0.1, 0.15) is 0 Å². The Balaban J connectivity index is 2.61. The fraction of sp³-hybridized carbons (Fsp3) is 0.462. The monoisotopic (exact) mass is 254 g/mol. The fourth-order valence-corrected chi connectivity index (χ4v) is 2.44. The molecule has 18 heavy (non-hydrogen) atoms. The number of methoxy groups -OCH3 is 2. The van der Waals surface area contributed by atoms with Crippen molar-refractivity contribution in [3.63, 3.8) is 0 Å². The normalized spacial score (nSPS) is 16.8. The predicted molar refractivity (Wildman–Crippen MR) is 62.7 cm³/mol. The van der Waals surface area contributed by atoms with Crippen LogP contribution in [0.1, 0.15) is 24.8 Å². The first-order chi connectivity index (χ1) is 8.56. The van der Waals surface area contributed by atoms with Gasteiger partial charge in [0, 0.05) is 5.56 Å². The number of hydrogen-bond acceptors (Lipinski definition) is 3. The number of benzene rings is 1. The second-order valence-electron chi connectivity index (χ2n) is 4.40. The van der Waals surface area contributed by atoms with Crippen LogP contribution in [0.25, 0.3) is 0 Å². The fourth-order valence-electron chi connectivity index (χ4n) is 2.44. The highest BCUT2D eigenvalue weighted by molar-refractivity contribution is 5.84. The number of carbonyl (C=O) groups is 1. The number of rotatable bonds is 4. The first-order valence-corrected chi connectivity index (χ1v) is 5.71. The van der Waals surface area contributed by atoms with E-state index in [4.69, 9.17) is 9.47 Å². The van der Waals surface area contributed by atoms with E-state index in [9.17, 15) is 14.3 Å². The van der Waals surface area contributed by atoms with Gasteiger partial charge in [0.05, 0.1) is 19.6 Å². The van der Waals surface area contributed by atoms with Gasteiger partial charge in [-0.1, -0.05) is 12.5 Å². The van der Waals surface area contributed by atoms with Crippen LogP contribution in [0.4, 0.5) is 4.39 Å². The number of carboxylic acids is 1. The molecule has 1 aromatic rings. The molecule has 0 unspecified atom stereocenters. The molecule has 0 bridgehead atoms. The minimum atomic E-state index is -0.966. The molecule has 98 valence electrons. The highest BCUT2D eigenvalue weighted by Gasteiger charge is 2.48. The lowest BCUT2D eigenvalue weighted by Crippen LogP contribution is -2.42. The van der Waals surface area contributed by atoms with Gasteiger partial charge in [0.25, 0.3) is 0 Å². The first kappa shape index (κ1) is 12.7. The zero-order chi connectivity index (χ0) is 13.3. The summed E-state index contributed by atoms with van der Waals surface area (Å²) in [6.45, 7) is 0. The maximum absolute atomic E-state index is 13.6. The zero-order valence-corrected chi connectivity index (χ0v) is 10.3. The predicted octanol–water partition coefficient (Wildman–Crippen LogP) is 2.35. The summed E-state index contributed by atoms with van der Waals surface area (Å²) in [6, 6.07) is 2.70. The summed E-state index contributed by atoms with van der Waals surface area (Å²) in [4.78, 5) is 11.5. The van der Waals surface area contributed by atoms with Gasteiger partial charge in [-0.15, -0.1) is 0 Å². The molecule has 0 spiro atoms. The van der Waals surface area contributed by atoms with Crippen LogP contribution in [-0.2, 0) is 10.2 Å². The second kappa shape index (κ2) is 4.48. The van der Waals surface area contributed by atoms with Crippen molar-refractivity contribution in [2.75, 3.05) is 14.2 Å². The maximum Gasteiger partial charge on any atom is 0.314 e. The smallest absolute Gasteiger partial charge is 0.314 e. The summed E-state index contributed by atoms with van der Waals surface area (Å²) in [5, 5.41) is 9.40. The van der Waals surface area contributed by atoms with Crippen LogP contribution in [0, 0.1) is 5.82 Å². The summed E-state index contributed by atoms with van der Waals surface area (Å²) in [6.07, 6.45) is 1.91. The van der Waals surface area contributed by atoms with Gasteiger partial charge in [0.2, 0.25) is 0 Å². The number of halogens is 1. The van der Waals surface area contributed by atoms with E-state index >= 15 is 0 Å². The van der Waals surface area contributed by atoms with Crippen LogP contribution in [0.5, 0.6) is 11.5 Å². The highest BCUT2D eigenvalue weighted by Crippen LogP contribution is 2.50. The molecule has 0 heterocycles. The van der Waals surface area contributed by atoms with E-state index in [-0.39, 0.29) is 11.5 Å². The third kappa shape index (κ3) is 1.62. The summed E-state index contributed by atoms with van der Waals surface area (Å²) >= 11 is 0. The summed E-state index contributed by atoms with van der Waals surface area (Å²) < 4.78 is 23.7.